The summed E-state index contributed by atoms with van der Waals surface area (Å²) in [6.45, 7) is 1.98. The fraction of sp³-hybridized carbons (Fsp3) is 0.231. The summed E-state index contributed by atoms with van der Waals surface area (Å²) in [5.74, 6) is 1.39. The summed E-state index contributed by atoms with van der Waals surface area (Å²) < 4.78 is 6.23. The van der Waals surface area contributed by atoms with Crippen molar-refractivity contribution in [2.75, 3.05) is 7.11 Å². The average molecular weight is 309 g/mol. The molecule has 0 aliphatic rings. The van der Waals surface area contributed by atoms with E-state index in [4.69, 9.17) is 15.7 Å². The summed E-state index contributed by atoms with van der Waals surface area (Å²) in [5, 5.41) is 13.9. The molecule has 0 aliphatic carbocycles. The number of aryl methyl sites for hydroxylation is 1. The Balaban J connectivity index is 2.16. The van der Waals surface area contributed by atoms with Gasteiger partial charge >= 0.3 is 0 Å². The molecule has 5 nitrogen and oxygen atoms in total. The Labute approximate surface area is 125 Å². The lowest BCUT2D eigenvalue weighted by atomic mass is 10.1. The molecule has 3 N–H and O–H groups in total. The number of oxime groups is 1. The van der Waals surface area contributed by atoms with Gasteiger partial charge in [-0.1, -0.05) is 23.0 Å². The smallest absolute Gasteiger partial charge is 0.173 e. The number of aromatic nitrogens is 1. The van der Waals surface area contributed by atoms with Gasteiger partial charge in [-0.05, 0) is 24.6 Å². The quantitative estimate of drug-likeness (QED) is 0.292. The predicted octanol–water partition coefficient (Wildman–Crippen LogP) is 2.85. The van der Waals surface area contributed by atoms with Crippen LogP contribution in [-0.2, 0) is 5.75 Å². The van der Waals surface area contributed by atoms with E-state index in [1.165, 1.54) is 0 Å². The topological polar surface area (TPSA) is 80.7 Å². The van der Waals surface area contributed by atoms with Gasteiger partial charge < -0.3 is 15.7 Å². The molecule has 7 heteroatoms. The lowest BCUT2D eigenvalue weighted by Gasteiger charge is -2.09. The molecule has 0 unspecified atom stereocenters. The van der Waals surface area contributed by atoms with E-state index >= 15 is 0 Å². The zero-order valence-electron chi connectivity index (χ0n) is 11.2. The zero-order chi connectivity index (χ0) is 14.5. The van der Waals surface area contributed by atoms with Gasteiger partial charge in [0, 0.05) is 16.8 Å². The van der Waals surface area contributed by atoms with Crippen LogP contribution in [0.3, 0.4) is 0 Å². The number of benzene rings is 1. The number of amidine groups is 1. The maximum Gasteiger partial charge on any atom is 0.173 e. The Morgan fingerprint density at radius 2 is 2.35 bits per heavy atom. The number of nitrogens with zero attached hydrogens (tertiary/aromatic N) is 2. The van der Waals surface area contributed by atoms with E-state index in [0.29, 0.717) is 11.3 Å². The Morgan fingerprint density at radius 3 is 2.95 bits per heavy atom. The molecule has 0 atom stereocenters. The van der Waals surface area contributed by atoms with Crippen molar-refractivity contribution < 1.29 is 9.94 Å². The molecule has 0 spiro atoms. The fourth-order valence-electron chi connectivity index (χ4n) is 1.64. The predicted molar refractivity (Wildman–Crippen MR) is 81.9 cm³/mol. The summed E-state index contributed by atoms with van der Waals surface area (Å²) in [6, 6.07) is 5.64. The molecule has 0 radical (unpaired) electrons. The van der Waals surface area contributed by atoms with E-state index < -0.39 is 0 Å². The first-order valence-corrected chi connectivity index (χ1v) is 7.70. The molecule has 1 heterocycles. The van der Waals surface area contributed by atoms with E-state index in [1.807, 2.05) is 30.5 Å². The molecule has 0 fully saturated rings. The lowest BCUT2D eigenvalue weighted by molar-refractivity contribution is 0.318. The number of nitrogens with two attached hydrogens (primary N) is 1. The second-order valence-electron chi connectivity index (χ2n) is 4.06. The van der Waals surface area contributed by atoms with Crippen LogP contribution in [0.4, 0.5) is 0 Å². The summed E-state index contributed by atoms with van der Waals surface area (Å²) >= 11 is 3.29. The van der Waals surface area contributed by atoms with Gasteiger partial charge in [0.2, 0.25) is 0 Å². The van der Waals surface area contributed by atoms with Crippen molar-refractivity contribution in [3.63, 3.8) is 0 Å². The molecule has 0 amide bonds. The molecule has 1 aromatic heterocycles. The standard InChI is InChI=1S/C13H15N3O2S2/c1-8-6-19-13(15-8)20-7-9-3-4-11(18-2)10(5-9)12(14)16-17/h3-6,17H,7H2,1-2H3,(H2,14,16). The van der Waals surface area contributed by atoms with Gasteiger partial charge in [0.15, 0.2) is 5.84 Å². The molecule has 0 saturated heterocycles. The van der Waals surface area contributed by atoms with Gasteiger partial charge in [0.05, 0.1) is 12.7 Å². The average Bonchev–Trinajstić information content (AvgIpc) is 2.89. The van der Waals surface area contributed by atoms with Gasteiger partial charge in [-0.2, -0.15) is 0 Å². The van der Waals surface area contributed by atoms with Crippen molar-refractivity contribution in [1.82, 2.24) is 4.98 Å². The number of thiazole rings is 1. The third kappa shape index (κ3) is 3.43. The minimum atomic E-state index is 0.0405. The molecule has 0 aliphatic heterocycles. The van der Waals surface area contributed by atoms with Crippen LogP contribution in [0.25, 0.3) is 0 Å². The highest BCUT2D eigenvalue weighted by atomic mass is 32.2. The van der Waals surface area contributed by atoms with Crippen molar-refractivity contribution in [2.45, 2.75) is 17.0 Å². The summed E-state index contributed by atoms with van der Waals surface area (Å²) in [5.41, 5.74) is 8.33. The minimum Gasteiger partial charge on any atom is -0.496 e. The summed E-state index contributed by atoms with van der Waals surface area (Å²) in [4.78, 5) is 4.40. The van der Waals surface area contributed by atoms with Crippen LogP contribution >= 0.6 is 23.1 Å². The highest BCUT2D eigenvalue weighted by Crippen LogP contribution is 2.28. The maximum absolute atomic E-state index is 8.80. The van der Waals surface area contributed by atoms with Crippen molar-refractivity contribution in [1.29, 1.82) is 0 Å². The second-order valence-corrected chi connectivity index (χ2v) is 6.14. The van der Waals surface area contributed by atoms with E-state index in [0.717, 1.165) is 21.3 Å². The van der Waals surface area contributed by atoms with Crippen molar-refractivity contribution in [2.24, 2.45) is 10.9 Å². The molecule has 2 aromatic rings. The zero-order valence-corrected chi connectivity index (χ0v) is 12.8. The Bertz CT molecular complexity index is 626. The number of hydrogen-bond donors (Lipinski definition) is 2. The highest BCUT2D eigenvalue weighted by Gasteiger charge is 2.09. The molecule has 20 heavy (non-hydrogen) atoms. The molecule has 0 saturated carbocycles. The first kappa shape index (κ1) is 14.7. The first-order chi connectivity index (χ1) is 9.63. The van der Waals surface area contributed by atoms with Crippen molar-refractivity contribution >= 4 is 28.9 Å². The Hall–Kier alpha value is -1.73. The van der Waals surface area contributed by atoms with E-state index in [2.05, 4.69) is 10.1 Å². The Morgan fingerprint density at radius 1 is 1.55 bits per heavy atom. The van der Waals surface area contributed by atoms with Crippen LogP contribution in [0.15, 0.2) is 33.1 Å². The number of thioether (sulfide) groups is 1. The van der Waals surface area contributed by atoms with E-state index in [9.17, 15) is 0 Å². The third-order valence-corrected chi connectivity index (χ3v) is 4.82. The van der Waals surface area contributed by atoms with Crippen molar-refractivity contribution in [3.05, 3.63) is 40.4 Å². The Kier molecular flexibility index (Phi) is 4.86. The normalized spacial score (nSPS) is 11.6. The number of rotatable bonds is 5. The third-order valence-electron chi connectivity index (χ3n) is 2.61. The molecule has 0 bridgehead atoms. The molecule has 106 valence electrons. The maximum atomic E-state index is 8.80. The van der Waals surface area contributed by atoms with E-state index in [1.54, 1.807) is 30.2 Å². The number of hydrogen-bond acceptors (Lipinski definition) is 6. The SMILES string of the molecule is COc1ccc(CSc2nc(C)cs2)cc1C(N)=NO. The second kappa shape index (κ2) is 6.62. The number of ether oxygens (including phenoxy) is 1. The van der Waals surface area contributed by atoms with Crippen LogP contribution in [0.1, 0.15) is 16.8 Å². The highest BCUT2D eigenvalue weighted by molar-refractivity contribution is 8.00. The summed E-state index contributed by atoms with van der Waals surface area (Å²) in [6.07, 6.45) is 0. The lowest BCUT2D eigenvalue weighted by Crippen LogP contribution is -2.14. The first-order valence-electron chi connectivity index (χ1n) is 5.83. The summed E-state index contributed by atoms with van der Waals surface area (Å²) in [7, 11) is 1.55. The van der Waals surface area contributed by atoms with Crippen LogP contribution < -0.4 is 10.5 Å². The van der Waals surface area contributed by atoms with Gasteiger partial charge in [0.1, 0.15) is 10.1 Å². The van der Waals surface area contributed by atoms with Gasteiger partial charge in [-0.15, -0.1) is 11.3 Å². The van der Waals surface area contributed by atoms with Gasteiger partial charge in [-0.3, -0.25) is 0 Å². The van der Waals surface area contributed by atoms with Gasteiger partial charge in [-0.25, -0.2) is 4.98 Å². The molecular weight excluding hydrogens is 294 g/mol. The van der Waals surface area contributed by atoms with Gasteiger partial charge in [0.25, 0.3) is 0 Å². The van der Waals surface area contributed by atoms with Crippen LogP contribution in [0.2, 0.25) is 0 Å². The molecular formula is C13H15N3O2S2. The van der Waals surface area contributed by atoms with Crippen LogP contribution in [-0.4, -0.2) is 23.1 Å². The molecule has 1 aromatic carbocycles. The van der Waals surface area contributed by atoms with Crippen LogP contribution in [0, 0.1) is 6.92 Å². The largest absolute Gasteiger partial charge is 0.496 e. The monoisotopic (exact) mass is 309 g/mol. The minimum absolute atomic E-state index is 0.0405. The van der Waals surface area contributed by atoms with Crippen molar-refractivity contribution in [3.8, 4) is 5.75 Å². The number of methoxy groups -OCH3 is 1. The van der Waals surface area contributed by atoms with E-state index in [-0.39, 0.29) is 5.84 Å². The van der Waals surface area contributed by atoms with Crippen LogP contribution in [0.5, 0.6) is 5.75 Å². The fourth-order valence-corrected chi connectivity index (χ4v) is 3.43. The molecule has 2 rings (SSSR count).